The topological polar surface area (TPSA) is 118 Å². The van der Waals surface area contributed by atoms with Crippen molar-refractivity contribution in [1.82, 2.24) is 19.4 Å². The molecule has 158 valence electrons. The molecule has 3 rings (SSSR count). The Morgan fingerprint density at radius 2 is 2.10 bits per heavy atom. The van der Waals surface area contributed by atoms with Gasteiger partial charge in [-0.25, -0.2) is 9.59 Å². The molecule has 0 fully saturated rings. The minimum Gasteiger partial charge on any atom is -0.465 e. The van der Waals surface area contributed by atoms with E-state index in [0.717, 1.165) is 10.4 Å². The molecule has 2 N–H and O–H groups in total. The summed E-state index contributed by atoms with van der Waals surface area (Å²) in [4.78, 5) is 44.6. The molecule has 1 aliphatic heterocycles. The highest BCUT2D eigenvalue weighted by Gasteiger charge is 2.24. The van der Waals surface area contributed by atoms with Crippen LogP contribution in [0.2, 0.25) is 0 Å². The van der Waals surface area contributed by atoms with Crippen LogP contribution in [-0.2, 0) is 17.8 Å². The average molecular weight is 423 g/mol. The summed E-state index contributed by atoms with van der Waals surface area (Å²) in [5, 5.41) is 11.8. The predicted octanol–water partition coefficient (Wildman–Crippen LogP) is 1.20. The number of carbonyl (C=O) groups is 1. The third kappa shape index (κ3) is 3.92. The van der Waals surface area contributed by atoms with Crippen molar-refractivity contribution in [3.8, 4) is 0 Å². The highest BCUT2D eigenvalue weighted by molar-refractivity contribution is 7.18. The highest BCUT2D eigenvalue weighted by Crippen LogP contribution is 2.29. The van der Waals surface area contributed by atoms with E-state index in [4.69, 9.17) is 9.84 Å². The first kappa shape index (κ1) is 21.1. The minimum absolute atomic E-state index is 0.270. The monoisotopic (exact) mass is 423 g/mol. The number of aryl methyl sites for hydroxylation is 1. The molecule has 0 aliphatic carbocycles. The van der Waals surface area contributed by atoms with E-state index in [1.54, 1.807) is 11.7 Å². The molecule has 0 bridgehead atoms. The number of thiophene rings is 1. The van der Waals surface area contributed by atoms with Crippen LogP contribution in [0.4, 0.5) is 4.79 Å². The third-order valence-electron chi connectivity index (χ3n) is 4.86. The number of hydrogen-bond donors (Lipinski definition) is 2. The van der Waals surface area contributed by atoms with Crippen molar-refractivity contribution in [2.75, 3.05) is 26.8 Å². The van der Waals surface area contributed by atoms with E-state index in [2.05, 4.69) is 10.3 Å². The molecule has 29 heavy (non-hydrogen) atoms. The number of amides is 1. The molecule has 1 aliphatic rings. The number of nitrogens with one attached hydrogen (secondary N) is 1. The third-order valence-corrected chi connectivity index (χ3v) is 6.16. The van der Waals surface area contributed by atoms with E-state index in [1.165, 1.54) is 15.9 Å². The van der Waals surface area contributed by atoms with Gasteiger partial charge in [0.2, 0.25) is 5.96 Å². The molecule has 2 aromatic heterocycles. The summed E-state index contributed by atoms with van der Waals surface area (Å²) < 4.78 is 8.01. The van der Waals surface area contributed by atoms with Crippen LogP contribution in [0.1, 0.15) is 30.3 Å². The van der Waals surface area contributed by atoms with Gasteiger partial charge in [0.1, 0.15) is 4.83 Å². The van der Waals surface area contributed by atoms with E-state index >= 15 is 0 Å². The van der Waals surface area contributed by atoms with Gasteiger partial charge in [-0.1, -0.05) is 0 Å². The summed E-state index contributed by atoms with van der Waals surface area (Å²) >= 11 is 1.38. The zero-order valence-corrected chi connectivity index (χ0v) is 17.7. The number of methoxy groups -OCH3 is 1. The Kier molecular flexibility index (Phi) is 6.08. The van der Waals surface area contributed by atoms with Gasteiger partial charge in [0.25, 0.3) is 5.56 Å². The van der Waals surface area contributed by atoms with Crippen molar-refractivity contribution < 1.29 is 14.6 Å². The number of aromatic nitrogens is 2. The van der Waals surface area contributed by atoms with E-state index in [9.17, 15) is 14.4 Å². The Labute approximate surface area is 171 Å². The SMILES string of the molecule is COCCn1c(=O)n(C(C)C)c(=O)c2c(C)c(CN3CCN=C3NC(=O)O)sc21. The maximum absolute atomic E-state index is 13.1. The van der Waals surface area contributed by atoms with Gasteiger partial charge >= 0.3 is 11.8 Å². The number of nitrogens with zero attached hydrogens (tertiary/aromatic N) is 4. The second-order valence-electron chi connectivity index (χ2n) is 7.08. The number of fused-ring (bicyclic) bond motifs is 1. The van der Waals surface area contributed by atoms with Crippen molar-refractivity contribution in [2.24, 2.45) is 4.99 Å². The zero-order valence-electron chi connectivity index (χ0n) is 16.9. The van der Waals surface area contributed by atoms with Crippen LogP contribution in [0, 0.1) is 6.92 Å². The van der Waals surface area contributed by atoms with E-state index in [0.29, 0.717) is 49.0 Å². The van der Waals surface area contributed by atoms with Gasteiger partial charge in [-0.2, -0.15) is 0 Å². The summed E-state index contributed by atoms with van der Waals surface area (Å²) in [7, 11) is 1.56. The van der Waals surface area contributed by atoms with Crippen LogP contribution in [0.3, 0.4) is 0 Å². The Bertz CT molecular complexity index is 1080. The summed E-state index contributed by atoms with van der Waals surface area (Å²) in [5.74, 6) is 0.297. The molecule has 2 aromatic rings. The van der Waals surface area contributed by atoms with Crippen LogP contribution in [0.5, 0.6) is 0 Å². The van der Waals surface area contributed by atoms with E-state index in [-0.39, 0.29) is 17.3 Å². The second kappa shape index (κ2) is 8.37. The van der Waals surface area contributed by atoms with Crippen molar-refractivity contribution in [1.29, 1.82) is 0 Å². The summed E-state index contributed by atoms with van der Waals surface area (Å²) in [6, 6.07) is -0.270. The van der Waals surface area contributed by atoms with Crippen LogP contribution >= 0.6 is 11.3 Å². The standard InChI is InChI=1S/C18H25N5O5S/c1-10(2)23-14(24)13-11(3)12(9-21-6-5-19-16(21)20-17(25)26)29-15(13)22(18(23)27)7-8-28-4/h10H,5-9H2,1-4H3,(H,19,20)(H,25,26). The van der Waals surface area contributed by atoms with Crippen LogP contribution in [0.25, 0.3) is 10.2 Å². The molecular formula is C18H25N5O5S. The van der Waals surface area contributed by atoms with Crippen molar-refractivity contribution in [3.63, 3.8) is 0 Å². The van der Waals surface area contributed by atoms with Gasteiger partial charge < -0.3 is 14.7 Å². The Morgan fingerprint density at radius 1 is 1.38 bits per heavy atom. The first-order chi connectivity index (χ1) is 13.8. The number of hydrogen-bond acceptors (Lipinski definition) is 7. The first-order valence-corrected chi connectivity index (χ1v) is 10.1. The molecule has 0 radical (unpaired) electrons. The van der Waals surface area contributed by atoms with Crippen LogP contribution in [-0.4, -0.2) is 58.0 Å². The molecule has 0 spiro atoms. The van der Waals surface area contributed by atoms with Crippen LogP contribution in [0.15, 0.2) is 14.6 Å². The van der Waals surface area contributed by atoms with Gasteiger partial charge in [0.05, 0.1) is 31.6 Å². The molecule has 0 aromatic carbocycles. The highest BCUT2D eigenvalue weighted by atomic mass is 32.1. The number of carboxylic acid groups (broad SMARTS) is 1. The molecule has 10 nitrogen and oxygen atoms in total. The Balaban J connectivity index is 2.11. The van der Waals surface area contributed by atoms with Crippen LogP contribution < -0.4 is 16.6 Å². The zero-order chi connectivity index (χ0) is 21.3. The second-order valence-corrected chi connectivity index (χ2v) is 8.17. The number of guanidine groups is 1. The number of rotatable bonds is 6. The summed E-state index contributed by atoms with van der Waals surface area (Å²) in [5.41, 5.74) is 0.156. The van der Waals surface area contributed by atoms with Crippen molar-refractivity contribution in [3.05, 3.63) is 31.3 Å². The fourth-order valence-electron chi connectivity index (χ4n) is 3.42. The summed E-state index contributed by atoms with van der Waals surface area (Å²) in [6.45, 7) is 7.66. The smallest absolute Gasteiger partial charge is 0.411 e. The maximum Gasteiger partial charge on any atom is 0.411 e. The van der Waals surface area contributed by atoms with E-state index in [1.807, 2.05) is 25.7 Å². The van der Waals surface area contributed by atoms with Crippen molar-refractivity contribution in [2.45, 2.75) is 39.9 Å². The first-order valence-electron chi connectivity index (χ1n) is 9.31. The lowest BCUT2D eigenvalue weighted by Gasteiger charge is -2.19. The normalized spacial score (nSPS) is 14.1. The molecule has 0 atom stereocenters. The summed E-state index contributed by atoms with van der Waals surface area (Å²) in [6.07, 6.45) is -1.17. The fourth-order valence-corrected chi connectivity index (χ4v) is 4.75. The molecule has 1 amide bonds. The maximum atomic E-state index is 13.1. The molecule has 3 heterocycles. The molecular weight excluding hydrogens is 398 g/mol. The van der Waals surface area contributed by atoms with Gasteiger partial charge in [-0.15, -0.1) is 11.3 Å². The Hall–Kier alpha value is -2.66. The largest absolute Gasteiger partial charge is 0.465 e. The minimum atomic E-state index is -1.17. The van der Waals surface area contributed by atoms with E-state index < -0.39 is 6.09 Å². The lowest BCUT2D eigenvalue weighted by atomic mass is 10.2. The van der Waals surface area contributed by atoms with Gasteiger partial charge in [-0.05, 0) is 26.3 Å². The average Bonchev–Trinajstić information content (AvgIpc) is 3.19. The predicted molar refractivity (Wildman–Crippen MR) is 111 cm³/mol. The molecule has 0 saturated carbocycles. The quantitative estimate of drug-likeness (QED) is 0.721. The lowest BCUT2D eigenvalue weighted by Crippen LogP contribution is -2.41. The van der Waals surface area contributed by atoms with Gasteiger partial charge in [-0.3, -0.25) is 24.2 Å². The fraction of sp³-hybridized carbons (Fsp3) is 0.556. The molecule has 11 heteroatoms. The van der Waals surface area contributed by atoms with Crippen molar-refractivity contribution >= 4 is 33.6 Å². The van der Waals surface area contributed by atoms with Gasteiger partial charge in [0, 0.05) is 24.6 Å². The number of ether oxygens (including phenoxy) is 1. The lowest BCUT2D eigenvalue weighted by molar-refractivity contribution is 0.186. The number of aliphatic imine (C=N–C) groups is 1. The molecule has 0 unspecified atom stereocenters. The molecule has 0 saturated heterocycles. The Morgan fingerprint density at radius 3 is 2.72 bits per heavy atom. The van der Waals surface area contributed by atoms with Gasteiger partial charge in [0.15, 0.2) is 0 Å².